The molecule has 9 heteroatoms. The van der Waals surface area contributed by atoms with Crippen LogP contribution in [0.2, 0.25) is 0 Å². The van der Waals surface area contributed by atoms with Crippen LogP contribution in [0, 0.1) is 30.1 Å². The third kappa shape index (κ3) is 3.96. The fourth-order valence-electron chi connectivity index (χ4n) is 4.81. The van der Waals surface area contributed by atoms with Crippen molar-refractivity contribution in [1.29, 1.82) is 5.26 Å². The minimum Gasteiger partial charge on any atom is -0.338 e. The number of pyridine rings is 1. The Morgan fingerprint density at radius 1 is 1.24 bits per heavy atom. The predicted octanol–water partition coefficient (Wildman–Crippen LogP) is 4.48. The van der Waals surface area contributed by atoms with Gasteiger partial charge in [0.2, 0.25) is 0 Å². The van der Waals surface area contributed by atoms with Gasteiger partial charge in [0.1, 0.15) is 5.39 Å². The lowest BCUT2D eigenvalue weighted by Crippen LogP contribution is -2.20. The summed E-state index contributed by atoms with van der Waals surface area (Å²) in [5.41, 5.74) is 3.63. The van der Waals surface area contributed by atoms with Crippen LogP contribution in [-0.2, 0) is 0 Å². The maximum atomic E-state index is 12.8. The van der Waals surface area contributed by atoms with E-state index in [1.54, 1.807) is 23.4 Å². The van der Waals surface area contributed by atoms with Crippen LogP contribution in [0.4, 0.5) is 11.5 Å². The first-order valence-corrected chi connectivity index (χ1v) is 11.7. The van der Waals surface area contributed by atoms with Gasteiger partial charge in [-0.25, -0.2) is 0 Å². The largest absolute Gasteiger partial charge is 0.338 e. The van der Waals surface area contributed by atoms with Crippen molar-refractivity contribution >= 4 is 22.4 Å². The topological polar surface area (TPSA) is 117 Å². The number of anilines is 2. The maximum Gasteiger partial charge on any atom is 0.261 e. The van der Waals surface area contributed by atoms with Crippen LogP contribution >= 0.6 is 0 Å². The van der Waals surface area contributed by atoms with Crippen LogP contribution in [0.3, 0.4) is 0 Å². The molecule has 3 aromatic heterocycles. The molecule has 0 amide bonds. The fourth-order valence-corrected chi connectivity index (χ4v) is 4.81. The van der Waals surface area contributed by atoms with Gasteiger partial charge in [-0.1, -0.05) is 19.9 Å². The van der Waals surface area contributed by atoms with Gasteiger partial charge >= 0.3 is 0 Å². The number of H-pyrrole nitrogens is 1. The van der Waals surface area contributed by atoms with Crippen molar-refractivity contribution in [2.75, 3.05) is 5.32 Å². The molecule has 0 spiro atoms. The summed E-state index contributed by atoms with van der Waals surface area (Å²) in [7, 11) is 0. The lowest BCUT2D eigenvalue weighted by molar-refractivity contribution is 0.363. The summed E-state index contributed by atoms with van der Waals surface area (Å²) in [6, 6.07) is 10.3. The highest BCUT2D eigenvalue weighted by Crippen LogP contribution is 2.43. The molecule has 4 aromatic rings. The van der Waals surface area contributed by atoms with Crippen molar-refractivity contribution < 1.29 is 0 Å². The van der Waals surface area contributed by atoms with Gasteiger partial charge in [0.15, 0.2) is 5.82 Å². The summed E-state index contributed by atoms with van der Waals surface area (Å²) in [5, 5.41) is 26.7. The zero-order valence-corrected chi connectivity index (χ0v) is 19.6. The van der Waals surface area contributed by atoms with E-state index in [1.165, 1.54) is 0 Å². The molecule has 174 valence electrons. The summed E-state index contributed by atoms with van der Waals surface area (Å²) >= 11 is 0. The average molecular weight is 457 g/mol. The van der Waals surface area contributed by atoms with Gasteiger partial charge in [-0.05, 0) is 60.9 Å². The van der Waals surface area contributed by atoms with Crippen molar-refractivity contribution in [3.63, 3.8) is 0 Å². The number of aromatic nitrogens is 6. The smallest absolute Gasteiger partial charge is 0.261 e. The molecule has 0 bridgehead atoms. The van der Waals surface area contributed by atoms with E-state index in [2.05, 4.69) is 59.5 Å². The number of nitrogens with zero attached hydrogens (tertiary/aromatic N) is 6. The summed E-state index contributed by atoms with van der Waals surface area (Å²) in [5.74, 6) is 1.24. The molecule has 0 saturated heterocycles. The number of benzene rings is 1. The highest BCUT2D eigenvalue weighted by atomic mass is 16.1. The average Bonchev–Trinajstić information content (AvgIpc) is 3.38. The third-order valence-electron chi connectivity index (χ3n) is 6.58. The molecule has 34 heavy (non-hydrogen) atoms. The molecule has 5 rings (SSSR count). The lowest BCUT2D eigenvalue weighted by atomic mass is 9.93. The van der Waals surface area contributed by atoms with Crippen LogP contribution in [0.1, 0.15) is 56.3 Å². The summed E-state index contributed by atoms with van der Waals surface area (Å²) in [6.07, 6.45) is 7.57. The predicted molar refractivity (Wildman–Crippen MR) is 130 cm³/mol. The minimum atomic E-state index is -0.198. The first kappa shape index (κ1) is 21.9. The molecule has 1 aromatic carbocycles. The van der Waals surface area contributed by atoms with Crippen molar-refractivity contribution in [2.45, 2.75) is 52.1 Å². The number of fused-ring (bicyclic) bond motifs is 1. The SMILES string of the molecule is Cc1cc(Nc2nn(C(CC#N)C3CC3)c3cc[nH]c(=O)c23)ccc1[C@@H](C(C)C)n1nccn1. The molecule has 2 atom stereocenters. The molecular formula is C25H28N8O. The Bertz CT molecular complexity index is 1410. The van der Waals surface area contributed by atoms with Gasteiger partial charge in [-0.3, -0.25) is 9.48 Å². The second-order valence-electron chi connectivity index (χ2n) is 9.36. The molecule has 0 aliphatic heterocycles. The van der Waals surface area contributed by atoms with Crippen LogP contribution in [0.25, 0.3) is 10.9 Å². The molecule has 1 aliphatic carbocycles. The molecule has 1 fully saturated rings. The number of aromatic amines is 1. The summed E-state index contributed by atoms with van der Waals surface area (Å²) in [4.78, 5) is 17.3. The second-order valence-corrected chi connectivity index (χ2v) is 9.36. The molecule has 9 nitrogen and oxygen atoms in total. The molecule has 3 heterocycles. The van der Waals surface area contributed by atoms with Crippen LogP contribution in [-0.4, -0.2) is 29.8 Å². The Morgan fingerprint density at radius 3 is 2.65 bits per heavy atom. The highest BCUT2D eigenvalue weighted by Gasteiger charge is 2.34. The lowest BCUT2D eigenvalue weighted by Gasteiger charge is -2.23. The number of nitrogens with one attached hydrogen (secondary N) is 2. The van der Waals surface area contributed by atoms with Gasteiger partial charge in [0, 0.05) is 11.9 Å². The minimum absolute atomic E-state index is 0.0252. The molecule has 1 aliphatic rings. The van der Waals surface area contributed by atoms with E-state index in [0.717, 1.165) is 35.2 Å². The summed E-state index contributed by atoms with van der Waals surface area (Å²) < 4.78 is 1.87. The highest BCUT2D eigenvalue weighted by molar-refractivity contribution is 5.91. The summed E-state index contributed by atoms with van der Waals surface area (Å²) in [6.45, 7) is 6.38. The Hall–Kier alpha value is -3.93. The normalized spacial score (nSPS) is 15.4. The number of rotatable bonds is 8. The van der Waals surface area contributed by atoms with Crippen molar-refractivity contribution in [2.24, 2.45) is 11.8 Å². The van der Waals surface area contributed by atoms with Gasteiger partial charge in [0.25, 0.3) is 5.56 Å². The Labute approximate surface area is 197 Å². The van der Waals surface area contributed by atoms with Gasteiger partial charge in [-0.15, -0.1) is 0 Å². The number of hydrogen-bond donors (Lipinski definition) is 2. The van der Waals surface area contributed by atoms with Gasteiger partial charge in [-0.2, -0.15) is 25.4 Å². The molecule has 0 radical (unpaired) electrons. The quantitative estimate of drug-likeness (QED) is 0.404. The van der Waals surface area contributed by atoms with E-state index in [9.17, 15) is 10.1 Å². The zero-order valence-electron chi connectivity index (χ0n) is 19.6. The number of hydrogen-bond acceptors (Lipinski definition) is 6. The van der Waals surface area contributed by atoms with Crippen molar-refractivity contribution in [3.8, 4) is 6.07 Å². The van der Waals surface area contributed by atoms with Crippen LogP contribution in [0.5, 0.6) is 0 Å². The fraction of sp³-hybridized carbons (Fsp3) is 0.400. The molecule has 1 unspecified atom stereocenters. The number of aryl methyl sites for hydroxylation is 1. The molecule has 2 N–H and O–H groups in total. The van der Waals surface area contributed by atoms with Crippen LogP contribution < -0.4 is 10.9 Å². The first-order chi connectivity index (χ1) is 16.5. The third-order valence-corrected chi connectivity index (χ3v) is 6.58. The standard InChI is InChI=1S/C25H28N8O/c1-15(2)23(33-28-12-13-29-33)19-7-6-18(14-16(19)3)30-24-22-21(9-11-27-25(22)34)32(31-24)20(8-10-26)17-4-5-17/h6-7,9,11-15,17,20,23H,4-5,8H2,1-3H3,(H,27,34)(H,30,31)/t20?,23-/m1/s1. The second kappa shape index (κ2) is 8.78. The van der Waals surface area contributed by atoms with Crippen LogP contribution in [0.15, 0.2) is 47.7 Å². The van der Waals surface area contributed by atoms with Crippen molar-refractivity contribution in [3.05, 3.63) is 64.3 Å². The van der Waals surface area contributed by atoms with E-state index < -0.39 is 0 Å². The van der Waals surface area contributed by atoms with E-state index in [0.29, 0.717) is 29.5 Å². The van der Waals surface area contributed by atoms with E-state index in [1.807, 2.05) is 16.8 Å². The Kier molecular flexibility index (Phi) is 5.65. The molecular weight excluding hydrogens is 428 g/mol. The van der Waals surface area contributed by atoms with E-state index in [-0.39, 0.29) is 17.6 Å². The number of nitriles is 1. The monoisotopic (exact) mass is 456 g/mol. The van der Waals surface area contributed by atoms with Crippen molar-refractivity contribution in [1.82, 2.24) is 29.8 Å². The Morgan fingerprint density at radius 2 is 2.00 bits per heavy atom. The van der Waals surface area contributed by atoms with E-state index in [4.69, 9.17) is 5.10 Å². The zero-order chi connectivity index (χ0) is 23.8. The van der Waals surface area contributed by atoms with E-state index >= 15 is 0 Å². The first-order valence-electron chi connectivity index (χ1n) is 11.7. The maximum absolute atomic E-state index is 12.8. The van der Waals surface area contributed by atoms with Gasteiger partial charge < -0.3 is 10.3 Å². The van der Waals surface area contributed by atoms with Gasteiger partial charge in [0.05, 0.1) is 42.5 Å². The molecule has 1 saturated carbocycles. The Balaban J connectivity index is 1.52.